The lowest BCUT2D eigenvalue weighted by Gasteiger charge is -2.30. The van der Waals surface area contributed by atoms with Crippen molar-refractivity contribution in [2.45, 2.75) is 58.9 Å². The maximum absolute atomic E-state index is 8.80. The van der Waals surface area contributed by atoms with Gasteiger partial charge in [0.25, 0.3) is 0 Å². The third kappa shape index (κ3) is 4.22. The Morgan fingerprint density at radius 2 is 1.87 bits per heavy atom. The van der Waals surface area contributed by atoms with Crippen molar-refractivity contribution in [2.75, 3.05) is 6.54 Å². The third-order valence-electron chi connectivity index (χ3n) is 3.74. The van der Waals surface area contributed by atoms with Gasteiger partial charge in [-0.2, -0.15) is 5.26 Å². The molecule has 0 saturated heterocycles. The molecule has 0 aromatic rings. The first kappa shape index (κ1) is 12.5. The average Bonchev–Trinajstić information content (AvgIpc) is 2.27. The van der Waals surface area contributed by atoms with Crippen molar-refractivity contribution >= 4 is 0 Å². The van der Waals surface area contributed by atoms with Crippen LogP contribution in [-0.4, -0.2) is 12.6 Å². The van der Waals surface area contributed by atoms with Crippen LogP contribution in [0.15, 0.2) is 0 Å². The van der Waals surface area contributed by atoms with E-state index in [0.717, 1.165) is 19.4 Å². The monoisotopic (exact) mass is 208 g/mol. The largest absolute Gasteiger partial charge is 0.313 e. The summed E-state index contributed by atoms with van der Waals surface area (Å²) in [5.74, 6) is 0.322. The highest BCUT2D eigenvalue weighted by molar-refractivity contribution is 4.89. The molecule has 0 amide bonds. The van der Waals surface area contributed by atoms with E-state index in [-0.39, 0.29) is 0 Å². The zero-order chi connectivity index (χ0) is 11.3. The second-order valence-electron chi connectivity index (χ2n) is 5.58. The summed E-state index contributed by atoms with van der Waals surface area (Å²) in [6, 6.07) is 3.03. The lowest BCUT2D eigenvalue weighted by atomic mass is 9.85. The highest BCUT2D eigenvalue weighted by Gasteiger charge is 2.22. The Labute approximate surface area is 94.1 Å². The molecule has 15 heavy (non-hydrogen) atoms. The zero-order valence-electron chi connectivity index (χ0n) is 10.3. The van der Waals surface area contributed by atoms with Crippen molar-refractivity contribution in [1.82, 2.24) is 5.32 Å². The fourth-order valence-electron chi connectivity index (χ4n) is 1.97. The van der Waals surface area contributed by atoms with Crippen LogP contribution < -0.4 is 5.32 Å². The first-order valence-electron chi connectivity index (χ1n) is 6.20. The Balaban J connectivity index is 2.22. The topological polar surface area (TPSA) is 35.8 Å². The molecule has 0 aromatic heterocycles. The number of nitrogens with one attached hydrogen (secondary N) is 1. The average molecular weight is 208 g/mol. The molecule has 0 aliphatic heterocycles. The number of hydrogen-bond donors (Lipinski definition) is 1. The molecular weight excluding hydrogens is 184 g/mol. The summed E-state index contributed by atoms with van der Waals surface area (Å²) in [6.45, 7) is 7.96. The second kappa shape index (κ2) is 5.51. The summed E-state index contributed by atoms with van der Waals surface area (Å²) in [7, 11) is 0. The van der Waals surface area contributed by atoms with Gasteiger partial charge in [-0.15, -0.1) is 0 Å². The van der Waals surface area contributed by atoms with E-state index >= 15 is 0 Å². The fourth-order valence-corrected chi connectivity index (χ4v) is 1.97. The van der Waals surface area contributed by atoms with E-state index in [0.29, 0.717) is 17.4 Å². The summed E-state index contributed by atoms with van der Waals surface area (Å²) < 4.78 is 0. The Kier molecular flexibility index (Phi) is 4.60. The number of nitrogens with zero attached hydrogens (tertiary/aromatic N) is 1. The Bertz CT molecular complexity index is 219. The van der Waals surface area contributed by atoms with E-state index in [1.165, 1.54) is 19.3 Å². The smallest absolute Gasteiger partial charge is 0.0655 e. The van der Waals surface area contributed by atoms with Crippen LogP contribution in [0.4, 0.5) is 0 Å². The molecule has 0 atom stereocenters. The van der Waals surface area contributed by atoms with Crippen LogP contribution in [0.2, 0.25) is 0 Å². The van der Waals surface area contributed by atoms with Gasteiger partial charge >= 0.3 is 0 Å². The zero-order valence-corrected chi connectivity index (χ0v) is 10.3. The van der Waals surface area contributed by atoms with E-state index in [9.17, 15) is 0 Å². The Hall–Kier alpha value is -0.550. The second-order valence-corrected chi connectivity index (χ2v) is 5.58. The lowest BCUT2D eigenvalue weighted by molar-refractivity contribution is 0.268. The molecule has 2 nitrogen and oxygen atoms in total. The number of rotatable bonds is 4. The van der Waals surface area contributed by atoms with Crippen molar-refractivity contribution in [1.29, 1.82) is 5.26 Å². The summed E-state index contributed by atoms with van der Waals surface area (Å²) >= 11 is 0. The van der Waals surface area contributed by atoms with Crippen LogP contribution >= 0.6 is 0 Å². The first-order valence-corrected chi connectivity index (χ1v) is 6.20. The normalized spacial score (nSPS) is 27.3. The predicted octanol–water partition coefficient (Wildman–Crippen LogP) is 3.09. The molecule has 0 unspecified atom stereocenters. The van der Waals surface area contributed by atoms with E-state index in [4.69, 9.17) is 5.26 Å². The summed E-state index contributed by atoms with van der Waals surface area (Å²) in [6.07, 6.45) is 5.74. The molecule has 86 valence electrons. The lowest BCUT2D eigenvalue weighted by Crippen LogP contribution is -2.38. The van der Waals surface area contributed by atoms with E-state index in [2.05, 4.69) is 32.2 Å². The van der Waals surface area contributed by atoms with E-state index in [1.807, 2.05) is 0 Å². The van der Waals surface area contributed by atoms with Gasteiger partial charge in [-0.1, -0.05) is 20.8 Å². The van der Waals surface area contributed by atoms with E-state index in [1.54, 1.807) is 0 Å². The van der Waals surface area contributed by atoms with Gasteiger partial charge in [0.2, 0.25) is 0 Å². The highest BCUT2D eigenvalue weighted by Crippen LogP contribution is 2.25. The SMILES string of the molecule is CCC(C)(C)CNC1CCC(C#N)CC1. The molecule has 0 radical (unpaired) electrons. The molecular formula is C13H24N2. The van der Waals surface area contributed by atoms with Gasteiger partial charge in [0, 0.05) is 18.5 Å². The van der Waals surface area contributed by atoms with Crippen LogP contribution in [0.1, 0.15) is 52.9 Å². The number of hydrogen-bond acceptors (Lipinski definition) is 2. The van der Waals surface area contributed by atoms with Gasteiger partial charge < -0.3 is 5.32 Å². The van der Waals surface area contributed by atoms with Crippen LogP contribution in [0.25, 0.3) is 0 Å². The van der Waals surface area contributed by atoms with Crippen molar-refractivity contribution < 1.29 is 0 Å². The first-order chi connectivity index (χ1) is 7.07. The Morgan fingerprint density at radius 3 is 2.33 bits per heavy atom. The van der Waals surface area contributed by atoms with Gasteiger partial charge in [0.15, 0.2) is 0 Å². The molecule has 0 aromatic carbocycles. The van der Waals surface area contributed by atoms with Crippen molar-refractivity contribution in [3.8, 4) is 6.07 Å². The van der Waals surface area contributed by atoms with Crippen LogP contribution in [-0.2, 0) is 0 Å². The molecule has 1 fully saturated rings. The summed E-state index contributed by atoms with van der Waals surface area (Å²) in [4.78, 5) is 0. The maximum Gasteiger partial charge on any atom is 0.0655 e. The molecule has 1 aliphatic carbocycles. The molecule has 0 spiro atoms. The molecule has 1 saturated carbocycles. The standard InChI is InChI=1S/C13H24N2/c1-4-13(2,3)10-15-12-7-5-11(9-14)6-8-12/h11-12,15H,4-8,10H2,1-3H3. The molecule has 0 heterocycles. The molecule has 1 aliphatic rings. The molecule has 2 heteroatoms. The minimum Gasteiger partial charge on any atom is -0.313 e. The fraction of sp³-hybridized carbons (Fsp3) is 0.923. The minimum atomic E-state index is 0.322. The van der Waals surface area contributed by atoms with Gasteiger partial charge in [-0.05, 0) is 37.5 Å². The van der Waals surface area contributed by atoms with Crippen molar-refractivity contribution in [3.63, 3.8) is 0 Å². The van der Waals surface area contributed by atoms with Crippen LogP contribution in [0.5, 0.6) is 0 Å². The predicted molar refractivity (Wildman–Crippen MR) is 63.4 cm³/mol. The van der Waals surface area contributed by atoms with Gasteiger partial charge in [-0.25, -0.2) is 0 Å². The minimum absolute atomic E-state index is 0.322. The molecule has 1 N–H and O–H groups in total. The Morgan fingerprint density at radius 1 is 1.27 bits per heavy atom. The number of nitriles is 1. The van der Waals surface area contributed by atoms with Crippen molar-refractivity contribution in [2.24, 2.45) is 11.3 Å². The summed E-state index contributed by atoms with van der Waals surface area (Å²) in [5, 5.41) is 12.5. The third-order valence-corrected chi connectivity index (χ3v) is 3.74. The van der Waals surface area contributed by atoms with E-state index < -0.39 is 0 Å². The maximum atomic E-state index is 8.80. The van der Waals surface area contributed by atoms with Crippen LogP contribution in [0.3, 0.4) is 0 Å². The molecule has 0 bridgehead atoms. The molecule has 1 rings (SSSR count). The summed E-state index contributed by atoms with van der Waals surface area (Å²) in [5.41, 5.74) is 0.409. The van der Waals surface area contributed by atoms with Gasteiger partial charge in [0.05, 0.1) is 6.07 Å². The van der Waals surface area contributed by atoms with Crippen molar-refractivity contribution in [3.05, 3.63) is 0 Å². The van der Waals surface area contributed by atoms with Crippen LogP contribution in [0, 0.1) is 22.7 Å². The highest BCUT2D eigenvalue weighted by atomic mass is 14.9. The van der Waals surface area contributed by atoms with Gasteiger partial charge in [-0.3, -0.25) is 0 Å². The van der Waals surface area contributed by atoms with Gasteiger partial charge in [0.1, 0.15) is 0 Å². The quantitative estimate of drug-likeness (QED) is 0.770.